The minimum absolute atomic E-state index is 0. The second-order valence-corrected chi connectivity index (χ2v) is 4.36. The van der Waals surface area contributed by atoms with Gasteiger partial charge >= 0.3 is 0 Å². The van der Waals surface area contributed by atoms with Crippen molar-refractivity contribution in [2.45, 2.75) is 18.9 Å². The van der Waals surface area contributed by atoms with Gasteiger partial charge in [-0.25, -0.2) is 4.39 Å². The van der Waals surface area contributed by atoms with Crippen LogP contribution in [0.1, 0.15) is 24.4 Å². The molecule has 1 fully saturated rings. The molecule has 0 radical (unpaired) electrons. The minimum Gasteiger partial charge on any atom is -0.496 e. The second kappa shape index (κ2) is 6.92. The van der Waals surface area contributed by atoms with Crippen molar-refractivity contribution < 1.29 is 13.9 Å². The Morgan fingerprint density at radius 1 is 1.39 bits per heavy atom. The van der Waals surface area contributed by atoms with Crippen molar-refractivity contribution in [1.29, 1.82) is 0 Å². The van der Waals surface area contributed by atoms with E-state index in [4.69, 9.17) is 15.2 Å². The normalized spacial score (nSPS) is 17.9. The predicted octanol–water partition coefficient (Wildman–Crippen LogP) is 2.68. The zero-order valence-corrected chi connectivity index (χ0v) is 11.2. The van der Waals surface area contributed by atoms with Crippen LogP contribution in [0.2, 0.25) is 0 Å². The molecule has 18 heavy (non-hydrogen) atoms. The third-order valence-corrected chi connectivity index (χ3v) is 3.33. The molecule has 0 bridgehead atoms. The molecule has 0 unspecified atom stereocenters. The summed E-state index contributed by atoms with van der Waals surface area (Å²) in [6, 6.07) is 4.41. The Kier molecular flexibility index (Phi) is 5.85. The molecular formula is C13H19ClFNO2. The van der Waals surface area contributed by atoms with Crippen molar-refractivity contribution >= 4 is 12.4 Å². The summed E-state index contributed by atoms with van der Waals surface area (Å²) in [5, 5.41) is 0. The van der Waals surface area contributed by atoms with E-state index in [1.54, 1.807) is 6.07 Å². The molecular weight excluding hydrogens is 257 g/mol. The number of benzene rings is 1. The van der Waals surface area contributed by atoms with E-state index in [9.17, 15) is 4.39 Å². The number of halogens is 2. The molecule has 5 heteroatoms. The monoisotopic (exact) mass is 275 g/mol. The zero-order valence-electron chi connectivity index (χ0n) is 10.4. The SMILES string of the molecule is COc1cc(F)ccc1[C@@H](N)C1CCOCC1.Cl. The van der Waals surface area contributed by atoms with Gasteiger partial charge < -0.3 is 15.2 Å². The van der Waals surface area contributed by atoms with E-state index in [0.717, 1.165) is 31.6 Å². The fraction of sp³-hybridized carbons (Fsp3) is 0.538. The first-order chi connectivity index (χ1) is 8.22. The molecule has 1 saturated heterocycles. The lowest BCUT2D eigenvalue weighted by Gasteiger charge is -2.28. The Morgan fingerprint density at radius 3 is 2.67 bits per heavy atom. The summed E-state index contributed by atoms with van der Waals surface area (Å²) >= 11 is 0. The maximum absolute atomic E-state index is 13.1. The second-order valence-electron chi connectivity index (χ2n) is 4.36. The van der Waals surface area contributed by atoms with Crippen LogP contribution in [0, 0.1) is 11.7 Å². The maximum Gasteiger partial charge on any atom is 0.126 e. The fourth-order valence-electron chi connectivity index (χ4n) is 2.29. The fourth-order valence-corrected chi connectivity index (χ4v) is 2.29. The van der Waals surface area contributed by atoms with Gasteiger partial charge in [0, 0.05) is 30.9 Å². The summed E-state index contributed by atoms with van der Waals surface area (Å²) in [5.74, 6) is 0.608. The third kappa shape index (κ3) is 3.34. The minimum atomic E-state index is -0.301. The molecule has 102 valence electrons. The Bertz CT molecular complexity index is 383. The van der Waals surface area contributed by atoms with Crippen LogP contribution in [-0.4, -0.2) is 20.3 Å². The quantitative estimate of drug-likeness (QED) is 0.922. The van der Waals surface area contributed by atoms with Gasteiger partial charge in [0.05, 0.1) is 7.11 Å². The third-order valence-electron chi connectivity index (χ3n) is 3.33. The average molecular weight is 276 g/mol. The lowest BCUT2D eigenvalue weighted by molar-refractivity contribution is 0.0581. The molecule has 0 amide bonds. The lowest BCUT2D eigenvalue weighted by atomic mass is 9.87. The Morgan fingerprint density at radius 2 is 2.06 bits per heavy atom. The topological polar surface area (TPSA) is 44.5 Å². The lowest BCUT2D eigenvalue weighted by Crippen LogP contribution is -2.27. The van der Waals surface area contributed by atoms with Crippen molar-refractivity contribution in [2.75, 3.05) is 20.3 Å². The summed E-state index contributed by atoms with van der Waals surface area (Å²) in [5.41, 5.74) is 7.11. The molecule has 1 atom stereocenters. The molecule has 1 aliphatic heterocycles. The molecule has 0 saturated carbocycles. The van der Waals surface area contributed by atoms with Gasteiger partial charge in [0.15, 0.2) is 0 Å². The van der Waals surface area contributed by atoms with Crippen molar-refractivity contribution in [3.8, 4) is 5.75 Å². The largest absolute Gasteiger partial charge is 0.496 e. The van der Waals surface area contributed by atoms with Crippen LogP contribution in [-0.2, 0) is 4.74 Å². The van der Waals surface area contributed by atoms with E-state index in [1.807, 2.05) is 0 Å². The smallest absolute Gasteiger partial charge is 0.126 e. The van der Waals surface area contributed by atoms with Crippen LogP contribution in [0.15, 0.2) is 18.2 Å². The van der Waals surface area contributed by atoms with Crippen LogP contribution >= 0.6 is 12.4 Å². The highest BCUT2D eigenvalue weighted by atomic mass is 35.5. The molecule has 3 nitrogen and oxygen atoms in total. The van der Waals surface area contributed by atoms with Gasteiger partial charge in [-0.3, -0.25) is 0 Å². The highest BCUT2D eigenvalue weighted by molar-refractivity contribution is 5.85. The molecule has 1 aliphatic rings. The van der Waals surface area contributed by atoms with Gasteiger partial charge in [-0.15, -0.1) is 12.4 Å². The summed E-state index contributed by atoms with van der Waals surface area (Å²) in [6.07, 6.45) is 1.89. The molecule has 1 aromatic rings. The summed E-state index contributed by atoms with van der Waals surface area (Å²) in [6.45, 7) is 1.50. The zero-order chi connectivity index (χ0) is 12.3. The van der Waals surface area contributed by atoms with E-state index in [1.165, 1.54) is 19.2 Å². The van der Waals surface area contributed by atoms with Crippen LogP contribution < -0.4 is 10.5 Å². The predicted molar refractivity (Wildman–Crippen MR) is 70.7 cm³/mol. The van der Waals surface area contributed by atoms with Crippen LogP contribution in [0.3, 0.4) is 0 Å². The first kappa shape index (κ1) is 15.2. The molecule has 1 heterocycles. The highest BCUT2D eigenvalue weighted by Crippen LogP contribution is 2.33. The molecule has 0 aromatic heterocycles. The number of rotatable bonds is 3. The summed E-state index contributed by atoms with van der Waals surface area (Å²) < 4.78 is 23.6. The number of hydrogen-bond acceptors (Lipinski definition) is 3. The highest BCUT2D eigenvalue weighted by Gasteiger charge is 2.24. The van der Waals surface area contributed by atoms with Crippen LogP contribution in [0.25, 0.3) is 0 Å². The standard InChI is InChI=1S/C13H18FNO2.ClH/c1-16-12-8-10(14)2-3-11(12)13(15)9-4-6-17-7-5-9;/h2-3,8-9,13H,4-7,15H2,1H3;1H/t13-;/m0./s1. The maximum atomic E-state index is 13.1. The number of methoxy groups -OCH3 is 1. The molecule has 1 aromatic carbocycles. The van der Waals surface area contributed by atoms with Gasteiger partial charge in [0.25, 0.3) is 0 Å². The van der Waals surface area contributed by atoms with E-state index < -0.39 is 0 Å². The van der Waals surface area contributed by atoms with Gasteiger partial charge in [0.1, 0.15) is 11.6 Å². The first-order valence-corrected chi connectivity index (χ1v) is 5.89. The van der Waals surface area contributed by atoms with Crippen LogP contribution in [0.5, 0.6) is 5.75 Å². The van der Waals surface area contributed by atoms with Gasteiger partial charge in [-0.1, -0.05) is 6.07 Å². The van der Waals surface area contributed by atoms with Gasteiger partial charge in [-0.05, 0) is 24.8 Å². The Hall–Kier alpha value is -0.840. The van der Waals surface area contributed by atoms with E-state index >= 15 is 0 Å². The molecule has 0 aliphatic carbocycles. The van der Waals surface area contributed by atoms with E-state index in [2.05, 4.69) is 0 Å². The van der Waals surface area contributed by atoms with Gasteiger partial charge in [-0.2, -0.15) is 0 Å². The Labute approximate surface area is 113 Å². The van der Waals surface area contributed by atoms with Gasteiger partial charge in [0.2, 0.25) is 0 Å². The molecule has 2 N–H and O–H groups in total. The van der Waals surface area contributed by atoms with Crippen molar-refractivity contribution in [1.82, 2.24) is 0 Å². The molecule has 0 spiro atoms. The number of ether oxygens (including phenoxy) is 2. The first-order valence-electron chi connectivity index (χ1n) is 5.89. The van der Waals surface area contributed by atoms with Crippen molar-refractivity contribution in [3.05, 3.63) is 29.6 Å². The van der Waals surface area contributed by atoms with E-state index in [-0.39, 0.29) is 24.3 Å². The summed E-state index contributed by atoms with van der Waals surface area (Å²) in [7, 11) is 1.54. The Balaban J connectivity index is 0.00000162. The van der Waals surface area contributed by atoms with E-state index in [0.29, 0.717) is 11.7 Å². The molecule has 2 rings (SSSR count). The van der Waals surface area contributed by atoms with Crippen LogP contribution in [0.4, 0.5) is 4.39 Å². The summed E-state index contributed by atoms with van der Waals surface area (Å²) in [4.78, 5) is 0. The number of nitrogens with two attached hydrogens (primary N) is 1. The number of hydrogen-bond donors (Lipinski definition) is 1. The van der Waals surface area contributed by atoms with Crippen molar-refractivity contribution in [2.24, 2.45) is 11.7 Å². The average Bonchev–Trinajstić information content (AvgIpc) is 2.39. The van der Waals surface area contributed by atoms with Crippen molar-refractivity contribution in [3.63, 3.8) is 0 Å².